The first kappa shape index (κ1) is 26.3. The van der Waals surface area contributed by atoms with Crippen LogP contribution in [0.5, 0.6) is 0 Å². The second-order valence-corrected chi connectivity index (χ2v) is 11.9. The number of amides is 2. The molecule has 0 saturated carbocycles. The smallest absolute Gasteiger partial charge is 0.240 e. The lowest BCUT2D eigenvalue weighted by atomic mass is 10.0. The molecular weight excluding hydrogens is 512 g/mol. The van der Waals surface area contributed by atoms with E-state index < -0.39 is 0 Å². The number of hydrogen-bond acceptors (Lipinski definition) is 5. The molecule has 0 bridgehead atoms. The zero-order chi connectivity index (χ0) is 26.8. The van der Waals surface area contributed by atoms with Gasteiger partial charge in [-0.3, -0.25) is 14.5 Å². The van der Waals surface area contributed by atoms with Crippen molar-refractivity contribution >= 4 is 40.7 Å². The number of benzene rings is 2. The highest BCUT2D eigenvalue weighted by atomic mass is 32.2. The Bertz CT molecular complexity index is 1440. The van der Waals surface area contributed by atoms with Crippen molar-refractivity contribution in [3.8, 4) is 16.9 Å². The second-order valence-electron chi connectivity index (χ2n) is 10.0. The van der Waals surface area contributed by atoms with Crippen LogP contribution < -0.4 is 10.2 Å². The number of nitrogens with one attached hydrogen (secondary N) is 1. The molecule has 2 aromatic heterocycles. The molecular formula is C30H32N4O2S2. The summed E-state index contributed by atoms with van der Waals surface area (Å²) in [6.07, 6.45) is 0. The molecule has 2 amide bonds. The zero-order valence-electron chi connectivity index (χ0n) is 22.1. The van der Waals surface area contributed by atoms with Crippen LogP contribution in [0, 0.1) is 19.8 Å². The molecule has 1 aliphatic heterocycles. The predicted octanol–water partition coefficient (Wildman–Crippen LogP) is 6.16. The lowest BCUT2D eigenvalue weighted by Gasteiger charge is -2.24. The minimum atomic E-state index is -0.174. The maximum Gasteiger partial charge on any atom is 0.240 e. The van der Waals surface area contributed by atoms with Gasteiger partial charge in [0, 0.05) is 17.7 Å². The summed E-state index contributed by atoms with van der Waals surface area (Å²) in [4.78, 5) is 28.5. The Labute approximate surface area is 232 Å². The normalized spacial score (nSPS) is 15.4. The van der Waals surface area contributed by atoms with E-state index in [0.29, 0.717) is 18.3 Å². The number of anilines is 1. The van der Waals surface area contributed by atoms with Gasteiger partial charge < -0.3 is 5.32 Å². The summed E-state index contributed by atoms with van der Waals surface area (Å²) in [5.41, 5.74) is 7.02. The molecule has 0 radical (unpaired) electrons. The van der Waals surface area contributed by atoms with E-state index in [-0.39, 0.29) is 29.4 Å². The molecule has 1 N–H and O–H groups in total. The molecule has 1 aliphatic rings. The number of aryl methyl sites for hydroxylation is 1. The molecule has 8 heteroatoms. The predicted molar refractivity (Wildman–Crippen MR) is 157 cm³/mol. The Morgan fingerprint density at radius 3 is 2.61 bits per heavy atom. The van der Waals surface area contributed by atoms with Gasteiger partial charge in [0.2, 0.25) is 11.8 Å². The maximum absolute atomic E-state index is 13.7. The Balaban J connectivity index is 1.78. The van der Waals surface area contributed by atoms with Gasteiger partial charge in [0.15, 0.2) is 0 Å². The van der Waals surface area contributed by atoms with Crippen molar-refractivity contribution < 1.29 is 9.59 Å². The van der Waals surface area contributed by atoms with Crippen LogP contribution in [-0.4, -0.2) is 40.4 Å². The van der Waals surface area contributed by atoms with Gasteiger partial charge in [0.25, 0.3) is 0 Å². The molecule has 196 valence electrons. The summed E-state index contributed by atoms with van der Waals surface area (Å²) in [6.45, 7) is 8.76. The standard InChI is InChI=1S/C30H32N4O2S2/c1-19(2)15-31-25(35)16-33-26(36)18-38-29(23-13-14-37-17-23)27-28(22-10-6-5-7-11-22)32-34(30(27)33)24-12-8-9-20(3)21(24)4/h5-14,17,19,29H,15-16,18H2,1-4H3,(H,31,35). The Morgan fingerprint density at radius 1 is 1.11 bits per heavy atom. The molecule has 38 heavy (non-hydrogen) atoms. The maximum atomic E-state index is 13.7. The van der Waals surface area contributed by atoms with Crippen molar-refractivity contribution in [1.82, 2.24) is 15.1 Å². The first-order valence-electron chi connectivity index (χ1n) is 12.8. The number of thiophene rings is 1. The van der Waals surface area contributed by atoms with Crippen molar-refractivity contribution in [2.75, 3.05) is 23.7 Å². The van der Waals surface area contributed by atoms with Crippen LogP contribution in [0.1, 0.15) is 41.4 Å². The van der Waals surface area contributed by atoms with Crippen molar-refractivity contribution in [3.63, 3.8) is 0 Å². The van der Waals surface area contributed by atoms with E-state index in [2.05, 4.69) is 68.0 Å². The quantitative estimate of drug-likeness (QED) is 0.303. The molecule has 4 aromatic rings. The third-order valence-electron chi connectivity index (χ3n) is 6.80. The fourth-order valence-corrected chi connectivity index (χ4v) is 6.63. The molecule has 0 fully saturated rings. The lowest BCUT2D eigenvalue weighted by Crippen LogP contribution is -2.43. The van der Waals surface area contributed by atoms with E-state index >= 15 is 0 Å². The van der Waals surface area contributed by atoms with Gasteiger partial charge in [-0.25, -0.2) is 4.68 Å². The van der Waals surface area contributed by atoms with E-state index in [0.717, 1.165) is 39.2 Å². The van der Waals surface area contributed by atoms with Crippen LogP contribution in [0.3, 0.4) is 0 Å². The molecule has 0 spiro atoms. The Hall–Kier alpha value is -3.36. The molecule has 2 aromatic carbocycles. The number of carbonyl (C=O) groups is 2. The van der Waals surface area contributed by atoms with Gasteiger partial charge in [-0.15, -0.1) is 11.8 Å². The van der Waals surface area contributed by atoms with E-state index in [1.807, 2.05) is 35.0 Å². The van der Waals surface area contributed by atoms with Gasteiger partial charge in [0.05, 0.1) is 22.4 Å². The Kier molecular flexibility index (Phi) is 7.72. The minimum Gasteiger partial charge on any atom is -0.354 e. The molecule has 1 unspecified atom stereocenters. The summed E-state index contributed by atoms with van der Waals surface area (Å²) < 4.78 is 1.89. The average molecular weight is 545 g/mol. The van der Waals surface area contributed by atoms with Crippen LogP contribution in [0.25, 0.3) is 16.9 Å². The molecule has 6 nitrogen and oxygen atoms in total. The van der Waals surface area contributed by atoms with Gasteiger partial charge in [-0.05, 0) is 59.3 Å². The number of thioether (sulfide) groups is 1. The monoisotopic (exact) mass is 544 g/mol. The van der Waals surface area contributed by atoms with Crippen molar-refractivity contribution in [2.45, 2.75) is 32.9 Å². The largest absolute Gasteiger partial charge is 0.354 e. The molecule has 0 aliphatic carbocycles. The van der Waals surface area contributed by atoms with Gasteiger partial charge >= 0.3 is 0 Å². The molecule has 3 heterocycles. The topological polar surface area (TPSA) is 67.2 Å². The highest BCUT2D eigenvalue weighted by Gasteiger charge is 2.38. The average Bonchev–Trinajstić information content (AvgIpc) is 3.55. The van der Waals surface area contributed by atoms with Crippen molar-refractivity contribution in [2.24, 2.45) is 5.92 Å². The van der Waals surface area contributed by atoms with Crippen LogP contribution in [0.15, 0.2) is 65.4 Å². The molecule has 5 rings (SSSR count). The van der Waals surface area contributed by atoms with E-state index in [1.54, 1.807) is 28.0 Å². The highest BCUT2D eigenvalue weighted by molar-refractivity contribution is 8.00. The summed E-state index contributed by atoms with van der Waals surface area (Å²) in [6, 6.07) is 18.3. The number of aromatic nitrogens is 2. The number of carbonyl (C=O) groups excluding carboxylic acids is 2. The lowest BCUT2D eigenvalue weighted by molar-refractivity contribution is -0.123. The SMILES string of the molecule is Cc1cccc(-n2nc(-c3ccccc3)c3c2N(CC(=O)NCC(C)C)C(=O)CSC3c2ccsc2)c1C. The minimum absolute atomic E-state index is 0.0553. The van der Waals surface area contributed by atoms with Crippen LogP contribution in [0.2, 0.25) is 0 Å². The van der Waals surface area contributed by atoms with Gasteiger partial charge in [-0.2, -0.15) is 16.4 Å². The van der Waals surface area contributed by atoms with Crippen molar-refractivity contribution in [3.05, 3.63) is 87.6 Å². The second kappa shape index (κ2) is 11.2. The summed E-state index contributed by atoms with van der Waals surface area (Å²) >= 11 is 3.24. The van der Waals surface area contributed by atoms with Gasteiger partial charge in [-0.1, -0.05) is 56.3 Å². The zero-order valence-corrected chi connectivity index (χ0v) is 23.7. The van der Waals surface area contributed by atoms with Gasteiger partial charge in [0.1, 0.15) is 12.4 Å². The first-order valence-corrected chi connectivity index (χ1v) is 14.8. The highest BCUT2D eigenvalue weighted by Crippen LogP contribution is 2.49. The van der Waals surface area contributed by atoms with E-state index in [9.17, 15) is 9.59 Å². The van der Waals surface area contributed by atoms with Crippen LogP contribution >= 0.6 is 23.1 Å². The van der Waals surface area contributed by atoms with Crippen molar-refractivity contribution in [1.29, 1.82) is 0 Å². The summed E-state index contributed by atoms with van der Waals surface area (Å²) in [5, 5.41) is 12.3. The van der Waals surface area contributed by atoms with E-state index in [1.165, 1.54) is 0 Å². The Morgan fingerprint density at radius 2 is 1.89 bits per heavy atom. The number of rotatable bonds is 7. The molecule has 0 saturated heterocycles. The molecule has 1 atom stereocenters. The van der Waals surface area contributed by atoms with Crippen LogP contribution in [0.4, 0.5) is 5.82 Å². The third-order valence-corrected chi connectivity index (χ3v) is 8.75. The number of hydrogen-bond donors (Lipinski definition) is 1. The van der Waals surface area contributed by atoms with Crippen LogP contribution in [-0.2, 0) is 9.59 Å². The first-order chi connectivity index (χ1) is 18.3. The number of fused-ring (bicyclic) bond motifs is 1. The fourth-order valence-electron chi connectivity index (χ4n) is 4.67. The third kappa shape index (κ3) is 5.15. The summed E-state index contributed by atoms with van der Waals surface area (Å²) in [5.74, 6) is 0.987. The number of nitrogens with zero attached hydrogens (tertiary/aromatic N) is 3. The fraction of sp³-hybridized carbons (Fsp3) is 0.300. The van der Waals surface area contributed by atoms with E-state index in [4.69, 9.17) is 5.10 Å². The summed E-state index contributed by atoms with van der Waals surface area (Å²) in [7, 11) is 0.